The van der Waals surface area contributed by atoms with Gasteiger partial charge in [-0.25, -0.2) is 0 Å². The van der Waals surface area contributed by atoms with Crippen LogP contribution in [0.25, 0.3) is 0 Å². The minimum absolute atomic E-state index is 0.0344. The third-order valence-corrected chi connectivity index (χ3v) is 5.54. The molecule has 1 spiro atoms. The third kappa shape index (κ3) is 2.97. The van der Waals surface area contributed by atoms with E-state index in [0.717, 1.165) is 11.4 Å². The molecule has 3 aliphatic rings. The van der Waals surface area contributed by atoms with Gasteiger partial charge in [0.15, 0.2) is 5.60 Å². The summed E-state index contributed by atoms with van der Waals surface area (Å²) in [4.78, 5) is 32.7. The smallest absolute Gasteiger partial charge is 0.269 e. The van der Waals surface area contributed by atoms with Gasteiger partial charge in [-0.1, -0.05) is 11.2 Å². The quantitative estimate of drug-likeness (QED) is 0.910. The lowest BCUT2D eigenvalue weighted by molar-refractivity contribution is -0.115. The van der Waals surface area contributed by atoms with Crippen LogP contribution in [0.1, 0.15) is 35.4 Å². The van der Waals surface area contributed by atoms with E-state index in [1.807, 2.05) is 17.5 Å². The number of amides is 2. The number of nitrogens with one attached hydrogen (secondary N) is 1. The number of likely N-dealkylation sites (tertiary alicyclic amines) is 1. The number of nitrogens with zero attached hydrogens (tertiary/aromatic N) is 2. The Bertz CT molecular complexity index is 654. The molecule has 1 unspecified atom stereocenters. The second-order valence-electron chi connectivity index (χ2n) is 6.60. The summed E-state index contributed by atoms with van der Waals surface area (Å²) in [5.74, 6) is 0.546. The summed E-state index contributed by atoms with van der Waals surface area (Å²) in [7, 11) is 0. The van der Waals surface area contributed by atoms with Gasteiger partial charge in [-0.15, -0.1) is 11.3 Å². The van der Waals surface area contributed by atoms with E-state index in [1.165, 1.54) is 24.2 Å². The van der Waals surface area contributed by atoms with Crippen LogP contribution < -0.4 is 5.32 Å². The van der Waals surface area contributed by atoms with Crippen molar-refractivity contribution in [3.05, 3.63) is 22.4 Å². The Labute approximate surface area is 138 Å². The van der Waals surface area contributed by atoms with E-state index in [1.54, 1.807) is 4.90 Å². The fourth-order valence-corrected chi connectivity index (χ4v) is 3.79. The number of carbonyl (C=O) groups excluding carboxylic acids is 2. The molecule has 7 heteroatoms. The first-order valence-corrected chi connectivity index (χ1v) is 8.89. The van der Waals surface area contributed by atoms with Crippen LogP contribution in [-0.2, 0) is 9.63 Å². The Hall–Kier alpha value is -1.89. The molecule has 1 aromatic rings. The SMILES string of the molecule is O=C(NCC1CC1)C1=NOC2(CCN(C(=O)c3cccs3)C2)C1. The second-order valence-corrected chi connectivity index (χ2v) is 7.54. The molecule has 0 radical (unpaired) electrons. The number of hydrogen-bond acceptors (Lipinski definition) is 5. The van der Waals surface area contributed by atoms with Crippen molar-refractivity contribution in [2.24, 2.45) is 11.1 Å². The molecule has 0 bridgehead atoms. The van der Waals surface area contributed by atoms with Gasteiger partial charge in [0.1, 0.15) is 5.71 Å². The first-order valence-electron chi connectivity index (χ1n) is 8.01. The third-order valence-electron chi connectivity index (χ3n) is 4.68. The van der Waals surface area contributed by atoms with Gasteiger partial charge in [0.25, 0.3) is 11.8 Å². The zero-order valence-electron chi connectivity index (χ0n) is 12.8. The molecular formula is C16H19N3O3S. The van der Waals surface area contributed by atoms with Crippen molar-refractivity contribution in [3.63, 3.8) is 0 Å². The molecule has 1 aromatic heterocycles. The van der Waals surface area contributed by atoms with Crippen LogP contribution in [0.2, 0.25) is 0 Å². The van der Waals surface area contributed by atoms with Gasteiger partial charge in [0, 0.05) is 25.9 Å². The van der Waals surface area contributed by atoms with Crippen molar-refractivity contribution in [2.75, 3.05) is 19.6 Å². The zero-order chi connectivity index (χ0) is 15.9. The van der Waals surface area contributed by atoms with E-state index < -0.39 is 5.60 Å². The number of rotatable bonds is 4. The normalized spacial score (nSPS) is 26.3. The Balaban J connectivity index is 1.34. The lowest BCUT2D eigenvalue weighted by Crippen LogP contribution is -2.38. The average molecular weight is 333 g/mol. The Kier molecular flexibility index (Phi) is 3.60. The van der Waals surface area contributed by atoms with Crippen molar-refractivity contribution < 1.29 is 14.4 Å². The highest BCUT2D eigenvalue weighted by Crippen LogP contribution is 2.35. The van der Waals surface area contributed by atoms with E-state index in [9.17, 15) is 9.59 Å². The van der Waals surface area contributed by atoms with Gasteiger partial charge in [-0.3, -0.25) is 9.59 Å². The van der Waals surface area contributed by atoms with Crippen molar-refractivity contribution >= 4 is 28.9 Å². The molecule has 0 aromatic carbocycles. The maximum absolute atomic E-state index is 12.4. The van der Waals surface area contributed by atoms with Crippen LogP contribution in [-0.4, -0.2) is 47.7 Å². The van der Waals surface area contributed by atoms with Crippen LogP contribution in [0.5, 0.6) is 0 Å². The monoisotopic (exact) mass is 333 g/mol. The predicted molar refractivity (Wildman–Crippen MR) is 86.4 cm³/mol. The standard InChI is InChI=1S/C16H19N3O3S/c20-14(17-9-11-3-4-11)12-8-16(22-18-12)5-6-19(10-16)15(21)13-2-1-7-23-13/h1-2,7,11H,3-6,8-10H2,(H,17,20). The van der Waals surface area contributed by atoms with Gasteiger partial charge in [-0.05, 0) is 30.2 Å². The number of oxime groups is 1. The summed E-state index contributed by atoms with van der Waals surface area (Å²) in [5.41, 5.74) is -0.0600. The summed E-state index contributed by atoms with van der Waals surface area (Å²) < 4.78 is 0. The summed E-state index contributed by atoms with van der Waals surface area (Å²) in [6, 6.07) is 3.71. The summed E-state index contributed by atoms with van der Waals surface area (Å²) in [5, 5.41) is 8.82. The molecule has 2 amide bonds. The first-order chi connectivity index (χ1) is 11.2. The summed E-state index contributed by atoms with van der Waals surface area (Å²) in [6.07, 6.45) is 3.60. The molecule has 6 nitrogen and oxygen atoms in total. The van der Waals surface area contributed by atoms with Crippen molar-refractivity contribution in [2.45, 2.75) is 31.3 Å². The molecule has 3 heterocycles. The molecule has 1 aliphatic carbocycles. The van der Waals surface area contributed by atoms with Gasteiger partial charge < -0.3 is 15.1 Å². The minimum atomic E-state index is -0.515. The van der Waals surface area contributed by atoms with Gasteiger partial charge >= 0.3 is 0 Å². The highest BCUT2D eigenvalue weighted by Gasteiger charge is 2.48. The molecule has 23 heavy (non-hydrogen) atoms. The lowest BCUT2D eigenvalue weighted by atomic mass is 9.96. The summed E-state index contributed by atoms with van der Waals surface area (Å²) in [6.45, 7) is 1.86. The van der Waals surface area contributed by atoms with E-state index in [2.05, 4.69) is 10.5 Å². The van der Waals surface area contributed by atoms with Crippen molar-refractivity contribution in [1.29, 1.82) is 0 Å². The largest absolute Gasteiger partial charge is 0.386 e. The Morgan fingerprint density at radius 2 is 2.35 bits per heavy atom. The van der Waals surface area contributed by atoms with Crippen LogP contribution >= 0.6 is 11.3 Å². The van der Waals surface area contributed by atoms with Gasteiger partial charge in [0.2, 0.25) is 0 Å². The number of thiophene rings is 1. The Morgan fingerprint density at radius 1 is 1.48 bits per heavy atom. The zero-order valence-corrected chi connectivity index (χ0v) is 13.6. The highest BCUT2D eigenvalue weighted by atomic mass is 32.1. The molecule has 122 valence electrons. The molecule has 2 aliphatic heterocycles. The van der Waals surface area contributed by atoms with Gasteiger partial charge in [0.05, 0.1) is 11.4 Å². The minimum Gasteiger partial charge on any atom is -0.386 e. The Morgan fingerprint density at radius 3 is 3.09 bits per heavy atom. The fraction of sp³-hybridized carbons (Fsp3) is 0.562. The maximum Gasteiger partial charge on any atom is 0.269 e. The van der Waals surface area contributed by atoms with Crippen LogP contribution in [0.4, 0.5) is 0 Å². The first kappa shape index (κ1) is 14.7. The van der Waals surface area contributed by atoms with E-state index in [0.29, 0.717) is 37.6 Å². The topological polar surface area (TPSA) is 71.0 Å². The van der Waals surface area contributed by atoms with E-state index in [-0.39, 0.29) is 11.8 Å². The molecule has 1 atom stereocenters. The maximum atomic E-state index is 12.4. The molecule has 1 saturated carbocycles. The predicted octanol–water partition coefficient (Wildman–Crippen LogP) is 1.64. The molecule has 4 rings (SSSR count). The summed E-state index contributed by atoms with van der Waals surface area (Å²) >= 11 is 1.44. The van der Waals surface area contributed by atoms with Crippen LogP contribution in [0.15, 0.2) is 22.7 Å². The highest BCUT2D eigenvalue weighted by molar-refractivity contribution is 7.12. The van der Waals surface area contributed by atoms with Gasteiger partial charge in [-0.2, -0.15) is 0 Å². The molecule has 2 fully saturated rings. The second kappa shape index (κ2) is 5.63. The van der Waals surface area contributed by atoms with E-state index in [4.69, 9.17) is 4.84 Å². The van der Waals surface area contributed by atoms with Crippen LogP contribution in [0, 0.1) is 5.92 Å². The number of hydrogen-bond donors (Lipinski definition) is 1. The molecule has 1 saturated heterocycles. The van der Waals surface area contributed by atoms with E-state index >= 15 is 0 Å². The molecular weight excluding hydrogens is 314 g/mol. The number of carbonyl (C=O) groups is 2. The molecule has 1 N–H and O–H groups in total. The van der Waals surface area contributed by atoms with Crippen LogP contribution in [0.3, 0.4) is 0 Å². The fourth-order valence-electron chi connectivity index (χ4n) is 3.10. The van der Waals surface area contributed by atoms with Crippen molar-refractivity contribution in [3.8, 4) is 0 Å². The lowest BCUT2D eigenvalue weighted by Gasteiger charge is -2.21. The average Bonchev–Trinajstić information content (AvgIpc) is 3.00. The van der Waals surface area contributed by atoms with Crippen molar-refractivity contribution in [1.82, 2.24) is 10.2 Å².